The summed E-state index contributed by atoms with van der Waals surface area (Å²) in [5, 5.41) is 0. The number of rotatable bonds is 5. The molecule has 0 aromatic rings. The third-order valence-electron chi connectivity index (χ3n) is 1.19. The summed E-state index contributed by atoms with van der Waals surface area (Å²) in [6.07, 6.45) is 0. The number of alkyl halides is 2. The summed E-state index contributed by atoms with van der Waals surface area (Å²) < 4.78 is 15.3. The standard InChI is InChI=1S/C5H10Br2NO4P/c1-3(6)4(7)2-12-13(10,11)5(8)9/h3-4H,2H2,1H3,(H2,8,9)(H,10,11). The molecule has 78 valence electrons. The van der Waals surface area contributed by atoms with Gasteiger partial charge in [0.25, 0.3) is 0 Å². The first-order valence-electron chi connectivity index (χ1n) is 3.33. The molecule has 0 aromatic carbocycles. The van der Waals surface area contributed by atoms with E-state index in [1.54, 1.807) is 0 Å². The second-order valence-corrected chi connectivity index (χ2v) is 6.71. The number of halogens is 2. The first-order chi connectivity index (χ1) is 5.77. The number of amides is 1. The van der Waals surface area contributed by atoms with E-state index in [1.165, 1.54) is 0 Å². The van der Waals surface area contributed by atoms with Gasteiger partial charge in [0.2, 0.25) is 0 Å². The Hall–Kier alpha value is 0.580. The Bertz CT molecular complexity index is 235. The van der Waals surface area contributed by atoms with Crippen LogP contribution < -0.4 is 5.73 Å². The third kappa shape index (κ3) is 5.12. The Morgan fingerprint density at radius 3 is 2.46 bits per heavy atom. The molecule has 13 heavy (non-hydrogen) atoms. The molecule has 0 saturated carbocycles. The third-order valence-corrected chi connectivity index (χ3v) is 4.65. The summed E-state index contributed by atoms with van der Waals surface area (Å²) in [4.78, 5) is 19.1. The van der Waals surface area contributed by atoms with Crippen LogP contribution in [0.2, 0.25) is 0 Å². The predicted octanol–water partition coefficient (Wildman–Crippen LogP) is 1.81. The first kappa shape index (κ1) is 13.6. The highest BCUT2D eigenvalue weighted by Gasteiger charge is 2.29. The quantitative estimate of drug-likeness (QED) is 0.591. The van der Waals surface area contributed by atoms with Crippen molar-refractivity contribution in [1.82, 2.24) is 0 Å². The molecule has 8 heteroatoms. The minimum atomic E-state index is -4.27. The molecule has 3 N–H and O–H groups in total. The van der Waals surface area contributed by atoms with Crippen LogP contribution >= 0.6 is 39.5 Å². The topological polar surface area (TPSA) is 89.6 Å². The van der Waals surface area contributed by atoms with E-state index in [-0.39, 0.29) is 16.3 Å². The van der Waals surface area contributed by atoms with Gasteiger partial charge in [0.1, 0.15) is 0 Å². The van der Waals surface area contributed by atoms with Crippen molar-refractivity contribution in [2.45, 2.75) is 16.6 Å². The summed E-state index contributed by atoms with van der Waals surface area (Å²) in [6, 6.07) is 0. The fourth-order valence-electron chi connectivity index (χ4n) is 0.368. The van der Waals surface area contributed by atoms with Crippen LogP contribution in [-0.4, -0.2) is 26.8 Å². The molecule has 0 aliphatic carbocycles. The normalized spacial score (nSPS) is 20.3. The van der Waals surface area contributed by atoms with Gasteiger partial charge in [-0.3, -0.25) is 4.79 Å². The molecule has 0 aliphatic rings. The molecule has 5 nitrogen and oxygen atoms in total. The summed E-state index contributed by atoms with van der Waals surface area (Å²) in [5.74, 6) is 0. The van der Waals surface area contributed by atoms with E-state index in [9.17, 15) is 9.36 Å². The Kier molecular flexibility index (Phi) is 5.70. The highest BCUT2D eigenvalue weighted by molar-refractivity contribution is 9.12. The minimum absolute atomic E-state index is 0.0559. The van der Waals surface area contributed by atoms with Crippen LogP contribution in [-0.2, 0) is 9.09 Å². The van der Waals surface area contributed by atoms with Gasteiger partial charge in [-0.15, -0.1) is 0 Å². The van der Waals surface area contributed by atoms with Crippen LogP contribution in [0.3, 0.4) is 0 Å². The van der Waals surface area contributed by atoms with Gasteiger partial charge in [0, 0.05) is 4.83 Å². The van der Waals surface area contributed by atoms with E-state index in [0.717, 1.165) is 0 Å². The highest BCUT2D eigenvalue weighted by atomic mass is 79.9. The van der Waals surface area contributed by atoms with E-state index in [4.69, 9.17) is 4.89 Å². The molecule has 0 heterocycles. The van der Waals surface area contributed by atoms with Gasteiger partial charge in [0.05, 0.1) is 11.4 Å². The Morgan fingerprint density at radius 2 is 2.15 bits per heavy atom. The van der Waals surface area contributed by atoms with Gasteiger partial charge < -0.3 is 15.2 Å². The van der Waals surface area contributed by atoms with Crippen molar-refractivity contribution in [1.29, 1.82) is 0 Å². The van der Waals surface area contributed by atoms with Crippen LogP contribution in [0.5, 0.6) is 0 Å². The lowest BCUT2D eigenvalue weighted by atomic mass is 10.4. The molecule has 0 radical (unpaired) electrons. The summed E-state index contributed by atoms with van der Waals surface area (Å²) in [5.41, 5.74) is 3.29. The zero-order chi connectivity index (χ0) is 10.6. The molecule has 3 unspecified atom stereocenters. The van der Waals surface area contributed by atoms with E-state index < -0.39 is 13.2 Å². The largest absolute Gasteiger partial charge is 0.415 e. The minimum Gasteiger partial charge on any atom is -0.359 e. The van der Waals surface area contributed by atoms with E-state index in [0.29, 0.717) is 0 Å². The van der Waals surface area contributed by atoms with Crippen molar-refractivity contribution in [2.75, 3.05) is 6.61 Å². The first-order valence-corrected chi connectivity index (χ1v) is 6.73. The van der Waals surface area contributed by atoms with Gasteiger partial charge in [-0.05, 0) is 0 Å². The maximum absolute atomic E-state index is 10.9. The zero-order valence-corrected chi connectivity index (χ0v) is 10.9. The van der Waals surface area contributed by atoms with Crippen LogP contribution in [0.1, 0.15) is 6.92 Å². The summed E-state index contributed by atoms with van der Waals surface area (Å²) in [7, 11) is -4.27. The second kappa shape index (κ2) is 5.46. The van der Waals surface area contributed by atoms with Crippen LogP contribution in [0, 0.1) is 0 Å². The molecule has 3 atom stereocenters. The van der Waals surface area contributed by atoms with Crippen LogP contribution in [0.25, 0.3) is 0 Å². The monoisotopic (exact) mass is 337 g/mol. The SMILES string of the molecule is CC(Br)C(Br)COP(=O)(O)C(N)=O. The predicted molar refractivity (Wildman–Crippen MR) is 56.5 cm³/mol. The number of hydrogen-bond donors (Lipinski definition) is 2. The van der Waals surface area contributed by atoms with Gasteiger partial charge in [-0.2, -0.15) is 0 Å². The van der Waals surface area contributed by atoms with Gasteiger partial charge >= 0.3 is 13.2 Å². The number of primary amides is 1. The van der Waals surface area contributed by atoms with Crippen molar-refractivity contribution >= 4 is 45.1 Å². The van der Waals surface area contributed by atoms with Gasteiger partial charge in [0.15, 0.2) is 0 Å². The number of nitrogens with two attached hydrogens (primary N) is 1. The molecule has 0 spiro atoms. The van der Waals surface area contributed by atoms with Crippen molar-refractivity contribution in [2.24, 2.45) is 5.73 Å². The average molecular weight is 339 g/mol. The van der Waals surface area contributed by atoms with E-state index in [2.05, 4.69) is 42.1 Å². The molecule has 0 fully saturated rings. The highest BCUT2D eigenvalue weighted by Crippen LogP contribution is 2.42. The summed E-state index contributed by atoms with van der Waals surface area (Å²) >= 11 is 6.42. The van der Waals surface area contributed by atoms with E-state index >= 15 is 0 Å². The van der Waals surface area contributed by atoms with Crippen LogP contribution in [0.15, 0.2) is 0 Å². The number of hydrogen-bond acceptors (Lipinski definition) is 3. The van der Waals surface area contributed by atoms with Gasteiger partial charge in [-0.25, -0.2) is 4.57 Å². The molecule has 0 aromatic heterocycles. The Labute approximate surface area is 92.8 Å². The molecule has 0 aliphatic heterocycles. The number of carbonyl (C=O) groups is 1. The lowest BCUT2D eigenvalue weighted by molar-refractivity contribution is 0.235. The molecular formula is C5H10Br2NO4P. The smallest absolute Gasteiger partial charge is 0.359 e. The number of carbonyl (C=O) groups excluding carboxylic acids is 1. The maximum atomic E-state index is 10.9. The molecule has 1 amide bonds. The van der Waals surface area contributed by atoms with Crippen molar-refractivity contribution in [3.63, 3.8) is 0 Å². The van der Waals surface area contributed by atoms with Gasteiger partial charge in [-0.1, -0.05) is 38.8 Å². The lowest BCUT2D eigenvalue weighted by Gasteiger charge is -2.14. The second-order valence-electron chi connectivity index (χ2n) is 2.35. The lowest BCUT2D eigenvalue weighted by Crippen LogP contribution is -2.19. The van der Waals surface area contributed by atoms with Crippen molar-refractivity contribution in [3.05, 3.63) is 0 Å². The Balaban J connectivity index is 4.03. The fraction of sp³-hybridized carbons (Fsp3) is 0.800. The van der Waals surface area contributed by atoms with Crippen molar-refractivity contribution in [3.8, 4) is 0 Å². The fourth-order valence-corrected chi connectivity index (χ4v) is 1.35. The molecule has 0 saturated heterocycles. The average Bonchev–Trinajstić information content (AvgIpc) is 1.99. The Morgan fingerprint density at radius 1 is 1.69 bits per heavy atom. The van der Waals surface area contributed by atoms with Crippen molar-refractivity contribution < 1.29 is 18.8 Å². The molecule has 0 rings (SSSR count). The molecular weight excluding hydrogens is 329 g/mol. The van der Waals surface area contributed by atoms with E-state index in [1.807, 2.05) is 6.92 Å². The molecule has 0 bridgehead atoms. The zero-order valence-electron chi connectivity index (χ0n) is 6.81. The van der Waals surface area contributed by atoms with Crippen LogP contribution in [0.4, 0.5) is 4.79 Å². The maximum Gasteiger partial charge on any atom is 0.415 e. The summed E-state index contributed by atoms with van der Waals surface area (Å²) in [6.45, 7) is 1.76.